The number of halogens is 1. The average molecular weight is 274 g/mol. The van der Waals surface area contributed by atoms with Crippen molar-refractivity contribution in [3.05, 3.63) is 28.8 Å². The Morgan fingerprint density at radius 1 is 1.41 bits per heavy atom. The van der Waals surface area contributed by atoms with Crippen LogP contribution in [0.25, 0.3) is 0 Å². The highest BCUT2D eigenvalue weighted by Gasteiger charge is 2.28. The summed E-state index contributed by atoms with van der Waals surface area (Å²) in [5.41, 5.74) is 0.935. The molecule has 0 unspecified atom stereocenters. The molecule has 1 aromatic rings. The first kappa shape index (κ1) is 12.4. The zero-order valence-corrected chi connectivity index (χ0v) is 10.9. The van der Waals surface area contributed by atoms with Crippen LogP contribution in [0.15, 0.2) is 18.2 Å². The van der Waals surface area contributed by atoms with E-state index in [1.54, 1.807) is 12.1 Å². The molecule has 0 N–H and O–H groups in total. The van der Waals surface area contributed by atoms with Crippen molar-refractivity contribution in [1.29, 1.82) is 0 Å². The topological polar surface area (TPSA) is 54.5 Å². The number of hydrogen-bond acceptors (Lipinski definition) is 3. The third-order valence-corrected chi connectivity index (χ3v) is 4.90. The minimum atomic E-state index is -3.20. The highest BCUT2D eigenvalue weighted by molar-refractivity contribution is 7.93. The number of sulfonamides is 1. The van der Waals surface area contributed by atoms with E-state index >= 15 is 0 Å². The molecule has 0 atom stereocenters. The number of benzene rings is 1. The van der Waals surface area contributed by atoms with Crippen LogP contribution in [0.3, 0.4) is 0 Å². The number of carbonyl (C=O) groups excluding carboxylic acids is 1. The van der Waals surface area contributed by atoms with Crippen LogP contribution in [0.4, 0.5) is 5.69 Å². The maximum absolute atomic E-state index is 11.7. The lowest BCUT2D eigenvalue weighted by molar-refractivity contribution is 0.101. The van der Waals surface area contributed by atoms with Gasteiger partial charge in [0.15, 0.2) is 5.78 Å². The fourth-order valence-corrected chi connectivity index (χ4v) is 3.74. The summed E-state index contributed by atoms with van der Waals surface area (Å²) in [5.74, 6) is 0.0323. The molecule has 0 radical (unpaired) electrons. The summed E-state index contributed by atoms with van der Waals surface area (Å²) >= 11 is 5.95. The smallest absolute Gasteiger partial charge is 0.235 e. The number of nitrogens with zero attached hydrogens (tertiary/aromatic N) is 1. The molecule has 0 aliphatic carbocycles. The van der Waals surface area contributed by atoms with Crippen LogP contribution in [-0.4, -0.2) is 26.5 Å². The second-order valence-electron chi connectivity index (χ2n) is 3.96. The fourth-order valence-electron chi connectivity index (χ4n) is 1.87. The molecule has 0 amide bonds. The average Bonchev–Trinajstić information content (AvgIpc) is 2.57. The number of ketones is 1. The first-order chi connectivity index (χ1) is 7.92. The Kier molecular flexibility index (Phi) is 3.14. The maximum Gasteiger partial charge on any atom is 0.235 e. The van der Waals surface area contributed by atoms with E-state index in [1.165, 1.54) is 17.3 Å². The Morgan fingerprint density at radius 2 is 2.12 bits per heavy atom. The van der Waals surface area contributed by atoms with Gasteiger partial charge in [0, 0.05) is 12.1 Å². The Bertz CT molecular complexity index is 568. The van der Waals surface area contributed by atoms with Crippen molar-refractivity contribution in [3.63, 3.8) is 0 Å². The van der Waals surface area contributed by atoms with Gasteiger partial charge in [0.1, 0.15) is 0 Å². The first-order valence-electron chi connectivity index (χ1n) is 5.23. The van der Waals surface area contributed by atoms with Gasteiger partial charge in [0.25, 0.3) is 0 Å². The quantitative estimate of drug-likeness (QED) is 0.775. The summed E-state index contributed by atoms with van der Waals surface area (Å²) in [5, 5.41) is 0.289. The van der Waals surface area contributed by atoms with E-state index in [4.69, 9.17) is 11.6 Å². The maximum atomic E-state index is 11.7. The summed E-state index contributed by atoms with van der Waals surface area (Å²) in [6.07, 6.45) is 0.619. The zero-order chi connectivity index (χ0) is 12.6. The number of rotatable bonds is 2. The zero-order valence-electron chi connectivity index (χ0n) is 9.31. The molecule has 1 aliphatic heterocycles. The van der Waals surface area contributed by atoms with Crippen molar-refractivity contribution in [2.24, 2.45) is 0 Å². The first-order valence-corrected chi connectivity index (χ1v) is 7.21. The number of carbonyl (C=O) groups is 1. The molecule has 1 heterocycles. The summed E-state index contributed by atoms with van der Waals surface area (Å²) in [6.45, 7) is 1.89. The molecule has 4 nitrogen and oxygen atoms in total. The van der Waals surface area contributed by atoms with E-state index in [9.17, 15) is 13.2 Å². The van der Waals surface area contributed by atoms with E-state index in [1.807, 2.05) is 0 Å². The molecule has 2 rings (SSSR count). The van der Waals surface area contributed by atoms with Crippen LogP contribution in [0.1, 0.15) is 23.7 Å². The van der Waals surface area contributed by atoms with Crippen molar-refractivity contribution in [2.75, 3.05) is 16.6 Å². The van der Waals surface area contributed by atoms with Crippen molar-refractivity contribution in [1.82, 2.24) is 0 Å². The molecule has 92 valence electrons. The summed E-state index contributed by atoms with van der Waals surface area (Å²) in [4.78, 5) is 11.2. The molecule has 1 aliphatic rings. The van der Waals surface area contributed by atoms with Gasteiger partial charge in [0.05, 0.1) is 16.5 Å². The molecule has 0 saturated carbocycles. The number of hydrogen-bond donors (Lipinski definition) is 0. The molecule has 1 aromatic carbocycles. The van der Waals surface area contributed by atoms with E-state index in [-0.39, 0.29) is 16.6 Å². The summed E-state index contributed by atoms with van der Waals surface area (Å²) in [6, 6.07) is 4.71. The number of Topliss-reactive ketones (excluding diaryl/α,β-unsaturated/α-hetero) is 1. The van der Waals surface area contributed by atoms with Crippen LogP contribution in [-0.2, 0) is 10.0 Å². The monoisotopic (exact) mass is 273 g/mol. The van der Waals surface area contributed by atoms with Gasteiger partial charge in [-0.2, -0.15) is 0 Å². The molecule has 0 spiro atoms. The second-order valence-corrected chi connectivity index (χ2v) is 6.38. The van der Waals surface area contributed by atoms with Crippen LogP contribution < -0.4 is 4.31 Å². The lowest BCUT2D eigenvalue weighted by atomic mass is 10.1. The highest BCUT2D eigenvalue weighted by atomic mass is 35.5. The van der Waals surface area contributed by atoms with E-state index < -0.39 is 10.0 Å². The molecule has 6 heteroatoms. The fraction of sp³-hybridized carbons (Fsp3) is 0.364. The van der Waals surface area contributed by atoms with Crippen molar-refractivity contribution >= 4 is 33.1 Å². The van der Waals surface area contributed by atoms with Crippen LogP contribution in [0.2, 0.25) is 5.02 Å². The lowest BCUT2D eigenvalue weighted by Gasteiger charge is -2.17. The van der Waals surface area contributed by atoms with E-state index in [2.05, 4.69) is 0 Å². The van der Waals surface area contributed by atoms with Gasteiger partial charge in [-0.15, -0.1) is 0 Å². The van der Waals surface area contributed by atoms with Gasteiger partial charge >= 0.3 is 0 Å². The SMILES string of the molecule is CC(=O)c1ccc(N2CCCS2(=O)=O)cc1Cl. The lowest BCUT2D eigenvalue weighted by Crippen LogP contribution is -2.25. The van der Waals surface area contributed by atoms with Gasteiger partial charge in [-0.3, -0.25) is 9.10 Å². The summed E-state index contributed by atoms with van der Waals surface area (Å²) < 4.78 is 24.8. The van der Waals surface area contributed by atoms with Crippen LogP contribution >= 0.6 is 11.6 Å². The molecule has 0 aromatic heterocycles. The highest BCUT2D eigenvalue weighted by Crippen LogP contribution is 2.28. The molecule has 1 fully saturated rings. The molecule has 1 saturated heterocycles. The van der Waals surface area contributed by atoms with Gasteiger partial charge in [-0.05, 0) is 31.5 Å². The summed E-state index contributed by atoms with van der Waals surface area (Å²) in [7, 11) is -3.20. The van der Waals surface area contributed by atoms with E-state index in [0.29, 0.717) is 24.2 Å². The van der Waals surface area contributed by atoms with Gasteiger partial charge in [-0.1, -0.05) is 11.6 Å². The van der Waals surface area contributed by atoms with Gasteiger partial charge in [0.2, 0.25) is 10.0 Å². The third kappa shape index (κ3) is 2.30. The Labute approximate surface area is 105 Å². The van der Waals surface area contributed by atoms with Crippen molar-refractivity contribution in [3.8, 4) is 0 Å². The minimum absolute atomic E-state index is 0.133. The van der Waals surface area contributed by atoms with Crippen LogP contribution in [0.5, 0.6) is 0 Å². The predicted molar refractivity (Wildman–Crippen MR) is 67.2 cm³/mol. The van der Waals surface area contributed by atoms with E-state index in [0.717, 1.165) is 0 Å². The molecule has 0 bridgehead atoms. The molecule has 17 heavy (non-hydrogen) atoms. The standard InChI is InChI=1S/C11H12ClNO3S/c1-8(14)10-4-3-9(7-11(10)12)13-5-2-6-17(13,15)16/h3-4,7H,2,5-6H2,1H3. The second kappa shape index (κ2) is 4.31. The van der Waals surface area contributed by atoms with Gasteiger partial charge in [-0.25, -0.2) is 8.42 Å². The minimum Gasteiger partial charge on any atom is -0.294 e. The third-order valence-electron chi connectivity index (χ3n) is 2.72. The van der Waals surface area contributed by atoms with Crippen molar-refractivity contribution in [2.45, 2.75) is 13.3 Å². The van der Waals surface area contributed by atoms with Crippen molar-refractivity contribution < 1.29 is 13.2 Å². The molecular weight excluding hydrogens is 262 g/mol. The molecular formula is C11H12ClNO3S. The van der Waals surface area contributed by atoms with Gasteiger partial charge < -0.3 is 0 Å². The normalized spacial score (nSPS) is 18.4. The predicted octanol–water partition coefficient (Wildman–Crippen LogP) is 2.08. The largest absolute Gasteiger partial charge is 0.294 e. The Morgan fingerprint density at radius 3 is 2.59 bits per heavy atom. The Hall–Kier alpha value is -1.07. The Balaban J connectivity index is 2.42. The number of anilines is 1. The van der Waals surface area contributed by atoms with Crippen LogP contribution in [0, 0.1) is 0 Å².